The maximum Gasteiger partial charge on any atom is 0.237 e. The molecule has 0 bridgehead atoms. The van der Waals surface area contributed by atoms with E-state index < -0.39 is 0 Å². The summed E-state index contributed by atoms with van der Waals surface area (Å²) in [6.07, 6.45) is 1.96. The van der Waals surface area contributed by atoms with Crippen LogP contribution in [0.15, 0.2) is 18.2 Å². The van der Waals surface area contributed by atoms with Gasteiger partial charge < -0.3 is 4.90 Å². The zero-order valence-corrected chi connectivity index (χ0v) is 13.9. The third-order valence-electron chi connectivity index (χ3n) is 3.48. The molecule has 0 N–H and O–H groups in total. The molecule has 1 saturated carbocycles. The van der Waals surface area contributed by atoms with Crippen molar-refractivity contribution in [3.05, 3.63) is 34.6 Å². The summed E-state index contributed by atoms with van der Waals surface area (Å²) in [6.45, 7) is 4.21. The number of alkyl halides is 1. The summed E-state index contributed by atoms with van der Waals surface area (Å²) in [4.78, 5) is 14.0. The predicted octanol–water partition coefficient (Wildman–Crippen LogP) is 4.39. The SMILES string of the molecule is CC(C)C(Br)C(=O)N(Cc1c(F)cccc1Cl)C1CC1. The highest BCUT2D eigenvalue weighted by atomic mass is 79.9. The lowest BCUT2D eigenvalue weighted by Crippen LogP contribution is -2.40. The third-order valence-corrected chi connectivity index (χ3v) is 5.29. The highest BCUT2D eigenvalue weighted by molar-refractivity contribution is 9.10. The first kappa shape index (κ1) is 15.8. The summed E-state index contributed by atoms with van der Waals surface area (Å²) in [5, 5.41) is 0.374. The molecule has 0 heterocycles. The van der Waals surface area contributed by atoms with Crippen molar-refractivity contribution in [1.82, 2.24) is 4.90 Å². The van der Waals surface area contributed by atoms with E-state index in [1.807, 2.05) is 13.8 Å². The number of hydrogen-bond donors (Lipinski definition) is 0. The maximum absolute atomic E-state index is 13.9. The van der Waals surface area contributed by atoms with Gasteiger partial charge in [-0.15, -0.1) is 0 Å². The quantitative estimate of drug-likeness (QED) is 0.711. The van der Waals surface area contributed by atoms with E-state index in [-0.39, 0.29) is 35.1 Å². The van der Waals surface area contributed by atoms with Crippen LogP contribution >= 0.6 is 27.5 Å². The van der Waals surface area contributed by atoms with Crippen LogP contribution in [-0.4, -0.2) is 21.7 Å². The van der Waals surface area contributed by atoms with Gasteiger partial charge in [0.2, 0.25) is 5.91 Å². The van der Waals surface area contributed by atoms with Crippen LogP contribution in [0.2, 0.25) is 5.02 Å². The average Bonchev–Trinajstić information content (AvgIpc) is 3.21. The van der Waals surface area contributed by atoms with Crippen LogP contribution < -0.4 is 0 Å². The van der Waals surface area contributed by atoms with Gasteiger partial charge >= 0.3 is 0 Å². The summed E-state index contributed by atoms with van der Waals surface area (Å²) < 4.78 is 13.9. The van der Waals surface area contributed by atoms with Crippen molar-refractivity contribution < 1.29 is 9.18 Å². The lowest BCUT2D eigenvalue weighted by molar-refractivity contribution is -0.132. The molecule has 2 nitrogen and oxygen atoms in total. The van der Waals surface area contributed by atoms with Crippen LogP contribution in [0.25, 0.3) is 0 Å². The molecule has 1 unspecified atom stereocenters. The highest BCUT2D eigenvalue weighted by Crippen LogP contribution is 2.32. The molecule has 0 aromatic heterocycles. The second-order valence-corrected chi connectivity index (χ2v) is 6.94. The molecule has 2 rings (SSSR count). The van der Waals surface area contributed by atoms with Crippen molar-refractivity contribution in [2.24, 2.45) is 5.92 Å². The second-order valence-electron chi connectivity index (χ2n) is 5.54. The fourth-order valence-electron chi connectivity index (χ4n) is 2.07. The minimum Gasteiger partial charge on any atom is -0.334 e. The normalized spacial score (nSPS) is 16.3. The smallest absolute Gasteiger partial charge is 0.237 e. The Morgan fingerprint density at radius 2 is 2.15 bits per heavy atom. The molecule has 0 aliphatic heterocycles. The molecule has 110 valence electrons. The monoisotopic (exact) mass is 361 g/mol. The van der Waals surface area contributed by atoms with Gasteiger partial charge in [-0.1, -0.05) is 47.4 Å². The van der Waals surface area contributed by atoms with Gasteiger partial charge in [0.25, 0.3) is 0 Å². The first-order valence-electron chi connectivity index (χ1n) is 6.79. The van der Waals surface area contributed by atoms with Crippen molar-refractivity contribution >= 4 is 33.4 Å². The number of hydrogen-bond acceptors (Lipinski definition) is 1. The molecule has 1 amide bonds. The van der Waals surface area contributed by atoms with Crippen LogP contribution in [0.4, 0.5) is 4.39 Å². The number of halogens is 3. The Kier molecular flexibility index (Phi) is 5.08. The lowest BCUT2D eigenvalue weighted by atomic mass is 10.1. The van der Waals surface area contributed by atoms with Crippen molar-refractivity contribution in [2.75, 3.05) is 0 Å². The van der Waals surface area contributed by atoms with Gasteiger partial charge in [0.1, 0.15) is 5.82 Å². The molecule has 0 spiro atoms. The Bertz CT molecular complexity index is 484. The second kappa shape index (κ2) is 6.44. The molecule has 1 aliphatic rings. The fraction of sp³-hybridized carbons (Fsp3) is 0.533. The number of carbonyl (C=O) groups is 1. The van der Waals surface area contributed by atoms with E-state index in [1.54, 1.807) is 17.0 Å². The molecular weight excluding hydrogens is 345 g/mol. The predicted molar refractivity (Wildman–Crippen MR) is 82.5 cm³/mol. The molecule has 0 saturated heterocycles. The third kappa shape index (κ3) is 3.53. The maximum atomic E-state index is 13.9. The molecule has 1 aromatic rings. The Labute approximate surface area is 132 Å². The molecule has 20 heavy (non-hydrogen) atoms. The molecule has 0 radical (unpaired) electrons. The molecule has 1 atom stereocenters. The number of rotatable bonds is 5. The van der Waals surface area contributed by atoms with E-state index in [1.165, 1.54) is 6.07 Å². The molecule has 1 aromatic carbocycles. The summed E-state index contributed by atoms with van der Waals surface area (Å²) in [5.74, 6) is -0.145. The van der Waals surface area contributed by atoms with Crippen molar-refractivity contribution in [3.8, 4) is 0 Å². The van der Waals surface area contributed by atoms with Crippen LogP contribution in [0.1, 0.15) is 32.3 Å². The summed E-state index contributed by atoms with van der Waals surface area (Å²) >= 11 is 9.49. The molecular formula is C15H18BrClFNO. The van der Waals surface area contributed by atoms with Crippen LogP contribution in [-0.2, 0) is 11.3 Å². The van der Waals surface area contributed by atoms with Crippen LogP contribution in [0.3, 0.4) is 0 Å². The van der Waals surface area contributed by atoms with Crippen molar-refractivity contribution in [2.45, 2.75) is 44.1 Å². The van der Waals surface area contributed by atoms with Crippen molar-refractivity contribution in [3.63, 3.8) is 0 Å². The standard InChI is InChI=1S/C15H18BrClFNO/c1-9(2)14(16)15(20)19(10-6-7-10)8-11-12(17)4-3-5-13(11)18/h3-5,9-10,14H,6-8H2,1-2H3. The van der Waals surface area contributed by atoms with Gasteiger partial charge in [-0.05, 0) is 30.9 Å². The topological polar surface area (TPSA) is 20.3 Å². The van der Waals surface area contributed by atoms with E-state index in [0.29, 0.717) is 10.6 Å². The average molecular weight is 363 g/mol. The Hall–Kier alpha value is -0.610. The van der Waals surface area contributed by atoms with Gasteiger partial charge in [0, 0.05) is 16.6 Å². The van der Waals surface area contributed by atoms with E-state index in [2.05, 4.69) is 15.9 Å². The summed E-state index contributed by atoms with van der Waals surface area (Å²) in [7, 11) is 0. The molecule has 1 fully saturated rings. The first-order valence-corrected chi connectivity index (χ1v) is 8.08. The van der Waals surface area contributed by atoms with Crippen molar-refractivity contribution in [1.29, 1.82) is 0 Å². The number of nitrogens with zero attached hydrogens (tertiary/aromatic N) is 1. The zero-order valence-electron chi connectivity index (χ0n) is 11.6. The van der Waals surface area contributed by atoms with Crippen LogP contribution in [0.5, 0.6) is 0 Å². The van der Waals surface area contributed by atoms with Gasteiger partial charge in [-0.2, -0.15) is 0 Å². The Morgan fingerprint density at radius 3 is 2.65 bits per heavy atom. The highest BCUT2D eigenvalue weighted by Gasteiger charge is 2.36. The van der Waals surface area contributed by atoms with Gasteiger partial charge in [0.05, 0.1) is 11.4 Å². The number of amides is 1. The Balaban J connectivity index is 2.20. The van der Waals surface area contributed by atoms with E-state index in [9.17, 15) is 9.18 Å². The van der Waals surface area contributed by atoms with E-state index >= 15 is 0 Å². The van der Waals surface area contributed by atoms with E-state index in [4.69, 9.17) is 11.6 Å². The van der Waals surface area contributed by atoms with E-state index in [0.717, 1.165) is 12.8 Å². The van der Waals surface area contributed by atoms with Crippen LogP contribution in [0, 0.1) is 11.7 Å². The van der Waals surface area contributed by atoms with Gasteiger partial charge in [0.15, 0.2) is 0 Å². The fourth-order valence-corrected chi connectivity index (χ4v) is 2.56. The summed E-state index contributed by atoms with van der Waals surface area (Å²) in [6, 6.07) is 4.83. The minimum atomic E-state index is -0.355. The molecule has 1 aliphatic carbocycles. The minimum absolute atomic E-state index is 0.0156. The number of carbonyl (C=O) groups excluding carboxylic acids is 1. The largest absolute Gasteiger partial charge is 0.334 e. The summed E-state index contributed by atoms with van der Waals surface area (Å²) in [5.41, 5.74) is 0.401. The Morgan fingerprint density at radius 1 is 1.50 bits per heavy atom. The molecule has 5 heteroatoms. The zero-order chi connectivity index (χ0) is 14.9. The lowest BCUT2D eigenvalue weighted by Gasteiger charge is -2.27. The number of benzene rings is 1. The van der Waals surface area contributed by atoms with Gasteiger partial charge in [-0.3, -0.25) is 4.79 Å². The van der Waals surface area contributed by atoms with Gasteiger partial charge in [-0.25, -0.2) is 4.39 Å². The first-order chi connectivity index (χ1) is 9.41.